The van der Waals surface area contributed by atoms with Gasteiger partial charge in [0.1, 0.15) is 18.3 Å². The van der Waals surface area contributed by atoms with Crippen molar-refractivity contribution < 1.29 is 42.8 Å². The van der Waals surface area contributed by atoms with Gasteiger partial charge in [-0.1, -0.05) is 0 Å². The summed E-state index contributed by atoms with van der Waals surface area (Å²) in [5, 5.41) is 5.24. The van der Waals surface area contributed by atoms with E-state index >= 15 is 0 Å². The average Bonchev–Trinajstić information content (AvgIpc) is 3.25. The van der Waals surface area contributed by atoms with Gasteiger partial charge in [0.05, 0.1) is 18.7 Å². The van der Waals surface area contributed by atoms with Crippen LogP contribution in [0.15, 0.2) is 24.3 Å². The predicted octanol–water partition coefficient (Wildman–Crippen LogP) is 1.31. The highest BCUT2D eigenvalue weighted by molar-refractivity contribution is 5.96. The Labute approximate surface area is 197 Å². The molecule has 1 aromatic carbocycles. The molecule has 0 saturated carbocycles. The lowest BCUT2D eigenvalue weighted by Gasteiger charge is -2.36. The Morgan fingerprint density at radius 2 is 1.53 bits per heavy atom. The first-order chi connectivity index (χ1) is 16.0. The van der Waals surface area contributed by atoms with E-state index in [2.05, 4.69) is 10.6 Å². The van der Waals surface area contributed by atoms with Gasteiger partial charge in [-0.3, -0.25) is 9.59 Å². The lowest BCUT2D eigenvalue weighted by Crippen LogP contribution is -2.59. The maximum atomic E-state index is 12.9. The Morgan fingerprint density at radius 3 is 2.21 bits per heavy atom. The number of carbonyl (C=O) groups excluding carboxylic acids is 3. The van der Waals surface area contributed by atoms with Gasteiger partial charge in [-0.15, -0.1) is 0 Å². The third-order valence-corrected chi connectivity index (χ3v) is 5.52. The molecule has 0 spiro atoms. The Kier molecular flexibility index (Phi) is 6.67. The second kappa shape index (κ2) is 9.23. The van der Waals surface area contributed by atoms with Gasteiger partial charge >= 0.3 is 5.97 Å². The van der Waals surface area contributed by atoms with Gasteiger partial charge in [0.25, 0.3) is 5.91 Å². The third kappa shape index (κ3) is 5.23. The topological polar surface area (TPSA) is 131 Å². The quantitative estimate of drug-likeness (QED) is 0.581. The number of rotatable bonds is 6. The normalized spacial score (nSPS) is 30.7. The molecule has 11 nitrogen and oxygen atoms in total. The van der Waals surface area contributed by atoms with E-state index in [4.69, 9.17) is 28.4 Å². The molecule has 5 atom stereocenters. The van der Waals surface area contributed by atoms with E-state index in [-0.39, 0.29) is 13.2 Å². The molecule has 5 unspecified atom stereocenters. The van der Waals surface area contributed by atoms with E-state index in [1.165, 1.54) is 0 Å². The molecular weight excluding hydrogens is 448 g/mol. The zero-order valence-corrected chi connectivity index (χ0v) is 19.8. The van der Waals surface area contributed by atoms with Gasteiger partial charge in [0, 0.05) is 5.69 Å². The maximum absolute atomic E-state index is 12.9. The number of hydrogen-bond donors (Lipinski definition) is 2. The van der Waals surface area contributed by atoms with Crippen LogP contribution in [-0.2, 0) is 38.0 Å². The summed E-state index contributed by atoms with van der Waals surface area (Å²) in [6, 6.07) is 6.24. The molecule has 3 heterocycles. The van der Waals surface area contributed by atoms with Crippen LogP contribution in [-0.4, -0.2) is 73.2 Å². The molecule has 2 amide bonds. The zero-order valence-electron chi connectivity index (χ0n) is 19.8. The number of benzene rings is 1. The van der Waals surface area contributed by atoms with Crippen molar-refractivity contribution in [3.05, 3.63) is 29.8 Å². The standard InChI is InChI=1S/C23H30N2O9/c1-6-29-20(28)12-7-9-13(10-8-12)25-14(26)11-24-19(27)17-15-16(32-22(2,3)31-15)18-21(30-17)34-23(4,5)33-18/h7-10,15-18,21H,6,11H2,1-5H3,(H,24,27)(H,25,26). The van der Waals surface area contributed by atoms with Crippen LogP contribution >= 0.6 is 0 Å². The fourth-order valence-electron chi connectivity index (χ4n) is 4.20. The predicted molar refractivity (Wildman–Crippen MR) is 117 cm³/mol. The number of fused-ring (bicyclic) bond motifs is 3. The van der Waals surface area contributed by atoms with Crippen molar-refractivity contribution >= 4 is 23.5 Å². The summed E-state index contributed by atoms with van der Waals surface area (Å²) in [7, 11) is 0. The van der Waals surface area contributed by atoms with Crippen LogP contribution in [0, 0.1) is 0 Å². The molecular formula is C23H30N2O9. The molecule has 0 aromatic heterocycles. The Hall–Kier alpha value is -2.57. The van der Waals surface area contributed by atoms with Crippen LogP contribution in [0.1, 0.15) is 45.0 Å². The molecule has 0 aliphatic carbocycles. The van der Waals surface area contributed by atoms with Gasteiger partial charge in [-0.05, 0) is 58.9 Å². The minimum Gasteiger partial charge on any atom is -0.462 e. The van der Waals surface area contributed by atoms with Crippen LogP contribution in [0.25, 0.3) is 0 Å². The summed E-state index contributed by atoms with van der Waals surface area (Å²) in [5.41, 5.74) is 0.843. The van der Waals surface area contributed by atoms with Crippen LogP contribution in [0.2, 0.25) is 0 Å². The minimum atomic E-state index is -1.05. The second-order valence-electron chi connectivity index (χ2n) is 9.15. The van der Waals surface area contributed by atoms with Crippen molar-refractivity contribution in [3.8, 4) is 0 Å². The van der Waals surface area contributed by atoms with E-state index < -0.39 is 60.1 Å². The molecule has 1 aromatic rings. The van der Waals surface area contributed by atoms with Crippen molar-refractivity contribution in [3.63, 3.8) is 0 Å². The van der Waals surface area contributed by atoms with Crippen molar-refractivity contribution in [2.24, 2.45) is 0 Å². The molecule has 3 fully saturated rings. The molecule has 4 rings (SSSR count). The van der Waals surface area contributed by atoms with Gasteiger partial charge < -0.3 is 39.1 Å². The Morgan fingerprint density at radius 1 is 0.912 bits per heavy atom. The van der Waals surface area contributed by atoms with Crippen molar-refractivity contribution in [2.75, 3.05) is 18.5 Å². The third-order valence-electron chi connectivity index (χ3n) is 5.52. The highest BCUT2D eigenvalue weighted by Crippen LogP contribution is 2.44. The van der Waals surface area contributed by atoms with Gasteiger partial charge in [0.15, 0.2) is 24.0 Å². The smallest absolute Gasteiger partial charge is 0.338 e. The fourth-order valence-corrected chi connectivity index (χ4v) is 4.20. The van der Waals surface area contributed by atoms with Crippen LogP contribution in [0.4, 0.5) is 5.69 Å². The summed E-state index contributed by atoms with van der Waals surface area (Å²) in [4.78, 5) is 37.0. The molecule has 0 radical (unpaired) electrons. The number of nitrogens with one attached hydrogen (secondary N) is 2. The van der Waals surface area contributed by atoms with Crippen molar-refractivity contribution in [2.45, 2.75) is 76.9 Å². The molecule has 3 aliphatic rings. The highest BCUT2D eigenvalue weighted by atomic mass is 16.9. The van der Waals surface area contributed by atoms with E-state index in [1.54, 1.807) is 58.9 Å². The number of amides is 2. The number of hydrogen-bond acceptors (Lipinski definition) is 9. The summed E-state index contributed by atoms with van der Waals surface area (Å²) < 4.78 is 34.4. The molecule has 2 N–H and O–H groups in total. The summed E-state index contributed by atoms with van der Waals surface area (Å²) in [6.45, 7) is 8.70. The van der Waals surface area contributed by atoms with E-state index in [0.717, 1.165) is 0 Å². The van der Waals surface area contributed by atoms with Gasteiger partial charge in [0.2, 0.25) is 5.91 Å². The summed E-state index contributed by atoms with van der Waals surface area (Å²) >= 11 is 0. The lowest BCUT2D eigenvalue weighted by atomic mass is 9.98. The monoisotopic (exact) mass is 478 g/mol. The highest BCUT2D eigenvalue weighted by Gasteiger charge is 2.62. The SMILES string of the molecule is CCOC(=O)c1ccc(NC(=O)CNC(=O)C2OC3OC(C)(C)OC3C3OC(C)(C)OC23)cc1. The Balaban J connectivity index is 1.35. The minimum absolute atomic E-state index is 0.274. The van der Waals surface area contributed by atoms with E-state index in [1.807, 2.05) is 0 Å². The maximum Gasteiger partial charge on any atom is 0.338 e. The molecule has 3 saturated heterocycles. The van der Waals surface area contributed by atoms with E-state index in [0.29, 0.717) is 11.3 Å². The van der Waals surface area contributed by atoms with Crippen molar-refractivity contribution in [1.29, 1.82) is 0 Å². The molecule has 186 valence electrons. The van der Waals surface area contributed by atoms with E-state index in [9.17, 15) is 14.4 Å². The molecule has 34 heavy (non-hydrogen) atoms. The number of ether oxygens (including phenoxy) is 6. The first kappa shape index (κ1) is 24.6. The first-order valence-electron chi connectivity index (χ1n) is 11.2. The number of anilines is 1. The van der Waals surface area contributed by atoms with Gasteiger partial charge in [-0.2, -0.15) is 0 Å². The second-order valence-corrected chi connectivity index (χ2v) is 9.15. The summed E-state index contributed by atoms with van der Waals surface area (Å²) in [6.07, 6.45) is -3.71. The molecule has 3 aliphatic heterocycles. The fraction of sp³-hybridized carbons (Fsp3) is 0.609. The number of esters is 1. The van der Waals surface area contributed by atoms with Crippen molar-refractivity contribution in [1.82, 2.24) is 5.32 Å². The van der Waals surface area contributed by atoms with Crippen LogP contribution in [0.5, 0.6) is 0 Å². The lowest BCUT2D eigenvalue weighted by molar-refractivity contribution is -0.231. The average molecular weight is 478 g/mol. The van der Waals surface area contributed by atoms with Crippen LogP contribution < -0.4 is 10.6 Å². The molecule has 0 bridgehead atoms. The van der Waals surface area contributed by atoms with Gasteiger partial charge in [-0.25, -0.2) is 4.79 Å². The zero-order chi connectivity index (χ0) is 24.7. The largest absolute Gasteiger partial charge is 0.462 e. The Bertz CT molecular complexity index is 946. The number of carbonyl (C=O) groups is 3. The first-order valence-corrected chi connectivity index (χ1v) is 11.2. The van der Waals surface area contributed by atoms with Crippen LogP contribution in [0.3, 0.4) is 0 Å². The molecule has 11 heteroatoms. The summed E-state index contributed by atoms with van der Waals surface area (Å²) in [5.74, 6) is -3.26.